The molecule has 1 amide bonds. The summed E-state index contributed by atoms with van der Waals surface area (Å²) in [7, 11) is 1.52. The van der Waals surface area contributed by atoms with Gasteiger partial charge in [-0.2, -0.15) is 0 Å². The van der Waals surface area contributed by atoms with Crippen molar-refractivity contribution in [2.75, 3.05) is 40.9 Å². The van der Waals surface area contributed by atoms with Crippen LogP contribution in [-0.2, 0) is 18.4 Å². The average Bonchev–Trinajstić information content (AvgIpc) is 3.42. The lowest BCUT2D eigenvalue weighted by molar-refractivity contribution is -0.870. The molecule has 8 nitrogen and oxygen atoms in total. The number of carbonyl (C=O) groups excluding carboxylic acids is 1. The Morgan fingerprint density at radius 1 is 0.438 bits per heavy atom. The number of likely N-dealkylation sites (N-methyl/N-ethyl adjacent to an activating group) is 1. The van der Waals surface area contributed by atoms with E-state index in [0.29, 0.717) is 17.4 Å². The smallest absolute Gasteiger partial charge is 0.387 e. The van der Waals surface area contributed by atoms with E-state index in [9.17, 15) is 19.4 Å². The number of nitrogens with one attached hydrogen (secondary N) is 1. The van der Waals surface area contributed by atoms with Gasteiger partial charge in [0.25, 0.3) is 0 Å². The number of allylic oxidation sites excluding steroid dienone is 23. The first kappa shape index (κ1) is 76.4. The summed E-state index contributed by atoms with van der Waals surface area (Å²) >= 11 is 0. The number of nitrogens with zero attached hydrogens (tertiary/aromatic N) is 1. The quantitative estimate of drug-likeness (QED) is 0.0243. The number of carbonyl (C=O) groups is 1. The predicted octanol–water partition coefficient (Wildman–Crippen LogP) is 20.4. The largest absolute Gasteiger partial charge is 0.472 e. The molecule has 456 valence electrons. The molecule has 0 heterocycles. The van der Waals surface area contributed by atoms with Gasteiger partial charge in [0.1, 0.15) is 13.2 Å². The Morgan fingerprint density at radius 2 is 0.762 bits per heavy atom. The summed E-state index contributed by atoms with van der Waals surface area (Å²) in [6.45, 7) is 4.66. The van der Waals surface area contributed by atoms with Crippen molar-refractivity contribution in [2.45, 2.75) is 257 Å². The minimum absolute atomic E-state index is 0.0451. The Kier molecular flexibility index (Phi) is 57.3. The number of quaternary nitrogens is 1. The number of phosphoric ester groups is 1. The van der Waals surface area contributed by atoms with Gasteiger partial charge in [-0.1, -0.05) is 269 Å². The lowest BCUT2D eigenvalue weighted by atomic mass is 10.1. The molecule has 0 rings (SSSR count). The summed E-state index contributed by atoms with van der Waals surface area (Å²) in [5.74, 6) is -0.203. The summed E-state index contributed by atoms with van der Waals surface area (Å²) in [6, 6.07) is -0.885. The second-order valence-corrected chi connectivity index (χ2v) is 23.8. The molecule has 9 heteroatoms. The molecular weight excluding hydrogens is 1010 g/mol. The van der Waals surface area contributed by atoms with E-state index in [1.54, 1.807) is 6.08 Å². The molecule has 0 fully saturated rings. The Hall–Kier alpha value is -3.62. The first-order valence-corrected chi connectivity index (χ1v) is 33.7. The van der Waals surface area contributed by atoms with E-state index >= 15 is 0 Å². The lowest BCUT2D eigenvalue weighted by Gasteiger charge is -2.25. The molecule has 0 aromatic heterocycles. The van der Waals surface area contributed by atoms with Crippen LogP contribution in [0.3, 0.4) is 0 Å². The number of aliphatic hydroxyl groups excluding tert-OH is 1. The standard InChI is InChI=1S/C71H121N2O6P/c1-6-8-10-12-14-16-18-20-22-24-26-28-29-30-31-32-33-34-35-36-37-38-39-40-41-42-43-45-47-49-51-53-55-57-59-61-63-65-71(75)72-69(68-79-80(76,77)78-67-66-73(3,4)5)70(74)64-62-60-58-56-54-52-50-48-46-44-27-25-23-21-19-17-15-13-11-9-7-2/h8,10,14,16,20,22,26,28,30-31,33-34,36-37,39-40,42-43,46,48,54,56,62,64,69-70,74H,6-7,9,11-13,15,17-19,21,23-25,27,29,32,35,38,41,44-45,47,49-53,55,57-61,63,65-68H2,1-5H3,(H-,72,75,76,77)/p+1/b10-8-,16-14-,22-20-,28-26-,31-30-,34-33-,37-36-,40-39-,43-42-,48-46+,56-54+,64-62+. The highest BCUT2D eigenvalue weighted by Gasteiger charge is 2.27. The molecule has 0 aromatic carbocycles. The maximum absolute atomic E-state index is 13.0. The Bertz CT molecular complexity index is 1810. The van der Waals surface area contributed by atoms with Gasteiger partial charge in [0.2, 0.25) is 5.91 Å². The number of aliphatic hydroxyl groups is 1. The SMILES string of the molecule is CC/C=C\C/C=C\C/C=C\C/C=C\C/C=C\C/C=C\C/C=C\C/C=C\C/C=C\CCCCCCCCCCCC(=O)NC(COP(=O)(O)OCC[N+](C)(C)C)C(O)/C=C/CC/C=C/CC/C=C/CCCCCCCCCCCCC. The second-order valence-electron chi connectivity index (χ2n) is 22.4. The molecule has 80 heavy (non-hydrogen) atoms. The van der Waals surface area contributed by atoms with Crippen molar-refractivity contribution in [3.05, 3.63) is 146 Å². The Balaban J connectivity index is 4.23. The highest BCUT2D eigenvalue weighted by molar-refractivity contribution is 7.47. The van der Waals surface area contributed by atoms with Gasteiger partial charge >= 0.3 is 7.82 Å². The van der Waals surface area contributed by atoms with Crippen LogP contribution in [0, 0.1) is 0 Å². The highest BCUT2D eigenvalue weighted by Crippen LogP contribution is 2.43. The zero-order valence-electron chi connectivity index (χ0n) is 52.0. The monoisotopic (exact) mass is 1130 g/mol. The van der Waals surface area contributed by atoms with Gasteiger partial charge in [-0.05, 0) is 116 Å². The summed E-state index contributed by atoms with van der Waals surface area (Å²) in [5.41, 5.74) is 0. The molecule has 0 aliphatic carbocycles. The summed E-state index contributed by atoms with van der Waals surface area (Å²) in [4.78, 5) is 23.4. The topological polar surface area (TPSA) is 105 Å². The van der Waals surface area contributed by atoms with Gasteiger partial charge in [0, 0.05) is 6.42 Å². The van der Waals surface area contributed by atoms with Crippen LogP contribution in [0.25, 0.3) is 0 Å². The van der Waals surface area contributed by atoms with Crippen molar-refractivity contribution in [3.63, 3.8) is 0 Å². The van der Waals surface area contributed by atoms with Gasteiger partial charge in [0.15, 0.2) is 0 Å². The van der Waals surface area contributed by atoms with Crippen molar-refractivity contribution in [2.24, 2.45) is 0 Å². The van der Waals surface area contributed by atoms with Crippen LogP contribution >= 0.6 is 7.82 Å². The fraction of sp³-hybridized carbons (Fsp3) is 0.648. The summed E-state index contributed by atoms with van der Waals surface area (Å²) in [5, 5.41) is 13.9. The van der Waals surface area contributed by atoms with Crippen LogP contribution in [0.2, 0.25) is 0 Å². The third-order valence-corrected chi connectivity index (χ3v) is 14.5. The lowest BCUT2D eigenvalue weighted by Crippen LogP contribution is -2.45. The molecule has 0 saturated heterocycles. The Morgan fingerprint density at radius 3 is 1.15 bits per heavy atom. The van der Waals surface area contributed by atoms with Crippen LogP contribution < -0.4 is 5.32 Å². The maximum atomic E-state index is 13.0. The molecule has 0 aromatic rings. The fourth-order valence-corrected chi connectivity index (χ4v) is 9.27. The van der Waals surface area contributed by atoms with Gasteiger partial charge in [-0.25, -0.2) is 4.57 Å². The zero-order valence-corrected chi connectivity index (χ0v) is 52.9. The highest BCUT2D eigenvalue weighted by atomic mass is 31.2. The first-order valence-electron chi connectivity index (χ1n) is 32.2. The van der Waals surface area contributed by atoms with Crippen LogP contribution in [0.5, 0.6) is 0 Å². The van der Waals surface area contributed by atoms with Crippen LogP contribution in [0.1, 0.15) is 245 Å². The van der Waals surface area contributed by atoms with Gasteiger partial charge < -0.3 is 19.8 Å². The van der Waals surface area contributed by atoms with Crippen molar-refractivity contribution < 1.29 is 32.9 Å². The second kappa shape index (κ2) is 60.0. The molecule has 3 N–H and O–H groups in total. The van der Waals surface area contributed by atoms with Gasteiger partial charge in [-0.15, -0.1) is 0 Å². The summed E-state index contributed by atoms with van der Waals surface area (Å²) < 4.78 is 23.7. The third-order valence-electron chi connectivity index (χ3n) is 13.5. The fourth-order valence-electron chi connectivity index (χ4n) is 8.54. The van der Waals surface area contributed by atoms with Gasteiger partial charge in [0.05, 0.1) is 39.9 Å². The normalized spacial score (nSPS) is 14.7. The van der Waals surface area contributed by atoms with Crippen molar-refractivity contribution >= 4 is 13.7 Å². The van der Waals surface area contributed by atoms with Gasteiger partial charge in [-0.3, -0.25) is 13.8 Å². The summed E-state index contributed by atoms with van der Waals surface area (Å²) in [6.07, 6.45) is 92.5. The average molecular weight is 1130 g/mol. The molecule has 3 unspecified atom stereocenters. The van der Waals surface area contributed by atoms with Crippen molar-refractivity contribution in [3.8, 4) is 0 Å². The molecule has 0 aliphatic rings. The maximum Gasteiger partial charge on any atom is 0.472 e. The van der Waals surface area contributed by atoms with Crippen LogP contribution in [0.15, 0.2) is 146 Å². The van der Waals surface area contributed by atoms with Crippen LogP contribution in [-0.4, -0.2) is 73.4 Å². The van der Waals surface area contributed by atoms with E-state index in [2.05, 4.69) is 153 Å². The molecule has 0 saturated carbocycles. The molecule has 0 radical (unpaired) electrons. The molecule has 0 spiro atoms. The molecular formula is C71H122N2O6P+. The van der Waals surface area contributed by atoms with E-state index in [-0.39, 0.29) is 19.1 Å². The minimum atomic E-state index is -4.37. The number of rotatable bonds is 57. The van der Waals surface area contributed by atoms with E-state index < -0.39 is 20.0 Å². The third kappa shape index (κ3) is 62.0. The minimum Gasteiger partial charge on any atom is -0.387 e. The van der Waals surface area contributed by atoms with E-state index in [1.165, 1.54) is 109 Å². The first-order chi connectivity index (χ1) is 39.0. The van der Waals surface area contributed by atoms with E-state index in [0.717, 1.165) is 116 Å². The van der Waals surface area contributed by atoms with E-state index in [4.69, 9.17) is 9.05 Å². The number of amides is 1. The zero-order chi connectivity index (χ0) is 58.4. The Labute approximate surface area is 493 Å². The number of hydrogen-bond donors (Lipinski definition) is 3. The molecule has 0 aliphatic heterocycles. The predicted molar refractivity (Wildman–Crippen MR) is 350 cm³/mol. The van der Waals surface area contributed by atoms with Crippen LogP contribution in [0.4, 0.5) is 0 Å². The van der Waals surface area contributed by atoms with Crippen molar-refractivity contribution in [1.29, 1.82) is 0 Å². The molecule has 3 atom stereocenters. The van der Waals surface area contributed by atoms with Crippen molar-refractivity contribution in [1.82, 2.24) is 5.32 Å². The number of phosphoric acid groups is 1. The number of unbranched alkanes of at least 4 members (excludes halogenated alkanes) is 22. The number of hydrogen-bond acceptors (Lipinski definition) is 5. The molecule has 0 bridgehead atoms. The van der Waals surface area contributed by atoms with E-state index in [1.807, 2.05) is 27.2 Å².